The molecule has 1 saturated heterocycles. The van der Waals surface area contributed by atoms with Gasteiger partial charge < -0.3 is 10.2 Å². The van der Waals surface area contributed by atoms with Gasteiger partial charge >= 0.3 is 0 Å². The standard InChI is InChI=1S/C14H24N4/c1-4-12-5-6-18(10-12)14-9-16-13(8-17-14)7-15-11(2)3/h8-9,11-12,15H,4-7,10H2,1-3H3. The summed E-state index contributed by atoms with van der Waals surface area (Å²) in [6, 6.07) is 0.482. The molecule has 0 amide bonds. The van der Waals surface area contributed by atoms with E-state index in [4.69, 9.17) is 0 Å². The van der Waals surface area contributed by atoms with Gasteiger partial charge in [-0.25, -0.2) is 4.98 Å². The van der Waals surface area contributed by atoms with Gasteiger partial charge in [-0.2, -0.15) is 0 Å². The molecular weight excluding hydrogens is 224 g/mol. The van der Waals surface area contributed by atoms with Crippen molar-refractivity contribution in [1.29, 1.82) is 0 Å². The zero-order valence-corrected chi connectivity index (χ0v) is 11.7. The monoisotopic (exact) mass is 248 g/mol. The van der Waals surface area contributed by atoms with Crippen LogP contribution in [0.4, 0.5) is 5.82 Å². The molecule has 2 heterocycles. The Morgan fingerprint density at radius 1 is 1.39 bits per heavy atom. The molecule has 1 fully saturated rings. The summed E-state index contributed by atoms with van der Waals surface area (Å²) in [7, 11) is 0. The van der Waals surface area contributed by atoms with Gasteiger partial charge in [0, 0.05) is 25.7 Å². The van der Waals surface area contributed by atoms with Crippen LogP contribution in [0, 0.1) is 5.92 Å². The first kappa shape index (κ1) is 13.3. The second-order valence-corrected chi connectivity index (χ2v) is 5.41. The Morgan fingerprint density at radius 3 is 2.78 bits per heavy atom. The first-order valence-electron chi connectivity index (χ1n) is 6.98. The van der Waals surface area contributed by atoms with E-state index in [0.717, 1.165) is 37.1 Å². The molecule has 4 nitrogen and oxygen atoms in total. The highest BCUT2D eigenvalue weighted by molar-refractivity contribution is 5.37. The molecule has 1 aliphatic rings. The van der Waals surface area contributed by atoms with Gasteiger partial charge in [0.2, 0.25) is 0 Å². The molecule has 1 N–H and O–H groups in total. The number of aromatic nitrogens is 2. The van der Waals surface area contributed by atoms with Crippen molar-refractivity contribution in [3.05, 3.63) is 18.1 Å². The zero-order chi connectivity index (χ0) is 13.0. The van der Waals surface area contributed by atoms with Crippen molar-refractivity contribution in [1.82, 2.24) is 15.3 Å². The van der Waals surface area contributed by atoms with E-state index in [0.29, 0.717) is 6.04 Å². The van der Waals surface area contributed by atoms with Gasteiger partial charge in [0.05, 0.1) is 18.1 Å². The average Bonchev–Trinajstić information content (AvgIpc) is 2.85. The van der Waals surface area contributed by atoms with E-state index in [1.54, 1.807) is 0 Å². The van der Waals surface area contributed by atoms with Crippen LogP contribution in [0.3, 0.4) is 0 Å². The fourth-order valence-electron chi connectivity index (χ4n) is 2.29. The van der Waals surface area contributed by atoms with Crippen molar-refractivity contribution < 1.29 is 0 Å². The molecule has 18 heavy (non-hydrogen) atoms. The molecule has 0 aliphatic carbocycles. The predicted molar refractivity (Wildman–Crippen MR) is 74.6 cm³/mol. The lowest BCUT2D eigenvalue weighted by molar-refractivity contribution is 0.568. The van der Waals surface area contributed by atoms with Crippen LogP contribution in [0.5, 0.6) is 0 Å². The molecule has 2 rings (SSSR count). The first-order valence-corrected chi connectivity index (χ1v) is 6.98. The summed E-state index contributed by atoms with van der Waals surface area (Å²) in [5, 5.41) is 3.35. The molecule has 0 spiro atoms. The Kier molecular flexibility index (Phi) is 4.53. The maximum absolute atomic E-state index is 4.53. The Balaban J connectivity index is 1.91. The Bertz CT molecular complexity index is 361. The molecule has 0 radical (unpaired) electrons. The first-order chi connectivity index (χ1) is 8.69. The smallest absolute Gasteiger partial charge is 0.147 e. The van der Waals surface area contributed by atoms with E-state index >= 15 is 0 Å². The van der Waals surface area contributed by atoms with Crippen molar-refractivity contribution >= 4 is 5.82 Å². The van der Waals surface area contributed by atoms with Gasteiger partial charge in [0.15, 0.2) is 0 Å². The van der Waals surface area contributed by atoms with E-state index in [-0.39, 0.29) is 0 Å². The van der Waals surface area contributed by atoms with E-state index in [2.05, 4.69) is 41.0 Å². The average molecular weight is 248 g/mol. The third kappa shape index (κ3) is 3.42. The largest absolute Gasteiger partial charge is 0.355 e. The van der Waals surface area contributed by atoms with Crippen molar-refractivity contribution in [3.63, 3.8) is 0 Å². The van der Waals surface area contributed by atoms with E-state index in [1.165, 1.54) is 12.8 Å². The van der Waals surface area contributed by atoms with Crippen LogP contribution in [0.25, 0.3) is 0 Å². The lowest BCUT2D eigenvalue weighted by Gasteiger charge is -2.17. The van der Waals surface area contributed by atoms with Crippen LogP contribution in [-0.4, -0.2) is 29.1 Å². The quantitative estimate of drug-likeness (QED) is 0.867. The lowest BCUT2D eigenvalue weighted by Crippen LogP contribution is -2.23. The highest BCUT2D eigenvalue weighted by Crippen LogP contribution is 2.23. The Morgan fingerprint density at radius 2 is 2.22 bits per heavy atom. The number of hydrogen-bond acceptors (Lipinski definition) is 4. The third-order valence-corrected chi connectivity index (χ3v) is 3.57. The predicted octanol–water partition coefficient (Wildman–Crippen LogP) is 2.21. The van der Waals surface area contributed by atoms with E-state index in [9.17, 15) is 0 Å². The van der Waals surface area contributed by atoms with Crippen molar-refractivity contribution in [2.45, 2.75) is 46.2 Å². The minimum atomic E-state index is 0.482. The van der Waals surface area contributed by atoms with Gasteiger partial charge in [-0.3, -0.25) is 4.98 Å². The maximum Gasteiger partial charge on any atom is 0.147 e. The molecule has 1 unspecified atom stereocenters. The van der Waals surface area contributed by atoms with Crippen LogP contribution in [0.15, 0.2) is 12.4 Å². The molecule has 1 aromatic heterocycles. The van der Waals surface area contributed by atoms with Gasteiger partial charge in [-0.1, -0.05) is 27.2 Å². The van der Waals surface area contributed by atoms with Crippen LogP contribution >= 0.6 is 0 Å². The fourth-order valence-corrected chi connectivity index (χ4v) is 2.29. The highest BCUT2D eigenvalue weighted by atomic mass is 15.2. The molecule has 100 valence electrons. The zero-order valence-electron chi connectivity index (χ0n) is 11.7. The molecule has 0 bridgehead atoms. The van der Waals surface area contributed by atoms with Gasteiger partial charge in [-0.05, 0) is 12.3 Å². The Labute approximate surface area is 110 Å². The van der Waals surface area contributed by atoms with Crippen molar-refractivity contribution in [2.75, 3.05) is 18.0 Å². The molecule has 1 aromatic rings. The van der Waals surface area contributed by atoms with Gasteiger partial charge in [0.25, 0.3) is 0 Å². The second kappa shape index (κ2) is 6.14. The fraction of sp³-hybridized carbons (Fsp3) is 0.714. The highest BCUT2D eigenvalue weighted by Gasteiger charge is 2.21. The molecule has 1 aliphatic heterocycles. The van der Waals surface area contributed by atoms with Gasteiger partial charge in [0.1, 0.15) is 5.82 Å². The number of nitrogens with zero attached hydrogens (tertiary/aromatic N) is 3. The second-order valence-electron chi connectivity index (χ2n) is 5.41. The number of rotatable bonds is 5. The summed E-state index contributed by atoms with van der Waals surface area (Å²) in [6.45, 7) is 9.59. The summed E-state index contributed by atoms with van der Waals surface area (Å²) in [4.78, 5) is 11.4. The Hall–Kier alpha value is -1.16. The van der Waals surface area contributed by atoms with E-state index < -0.39 is 0 Å². The maximum atomic E-state index is 4.53. The number of anilines is 1. The molecule has 1 atom stereocenters. The van der Waals surface area contributed by atoms with Crippen molar-refractivity contribution in [2.24, 2.45) is 5.92 Å². The number of nitrogens with one attached hydrogen (secondary N) is 1. The minimum absolute atomic E-state index is 0.482. The summed E-state index contributed by atoms with van der Waals surface area (Å²) in [5.41, 5.74) is 1.01. The third-order valence-electron chi connectivity index (χ3n) is 3.57. The summed E-state index contributed by atoms with van der Waals surface area (Å²) in [5.74, 6) is 1.85. The van der Waals surface area contributed by atoms with E-state index in [1.807, 2.05) is 12.4 Å². The van der Waals surface area contributed by atoms with Crippen molar-refractivity contribution in [3.8, 4) is 0 Å². The minimum Gasteiger partial charge on any atom is -0.355 e. The topological polar surface area (TPSA) is 41.1 Å². The SMILES string of the molecule is CCC1CCN(c2cnc(CNC(C)C)cn2)C1. The normalized spacial score (nSPS) is 19.8. The summed E-state index contributed by atoms with van der Waals surface area (Å²) < 4.78 is 0. The van der Waals surface area contributed by atoms with Crippen LogP contribution in [0.1, 0.15) is 39.3 Å². The van der Waals surface area contributed by atoms with Crippen LogP contribution in [0.2, 0.25) is 0 Å². The van der Waals surface area contributed by atoms with Crippen LogP contribution < -0.4 is 10.2 Å². The molecule has 4 heteroatoms. The molecule has 0 saturated carbocycles. The summed E-state index contributed by atoms with van der Waals surface area (Å²) >= 11 is 0. The van der Waals surface area contributed by atoms with Gasteiger partial charge in [-0.15, -0.1) is 0 Å². The summed E-state index contributed by atoms with van der Waals surface area (Å²) in [6.07, 6.45) is 6.36. The molecular formula is C14H24N4. The lowest BCUT2D eigenvalue weighted by atomic mass is 10.1. The number of hydrogen-bond donors (Lipinski definition) is 1. The molecule has 0 aromatic carbocycles. The van der Waals surface area contributed by atoms with Crippen LogP contribution in [-0.2, 0) is 6.54 Å².